The van der Waals surface area contributed by atoms with Crippen molar-refractivity contribution in [3.63, 3.8) is 0 Å². The zero-order valence-corrected chi connectivity index (χ0v) is 10.5. The summed E-state index contributed by atoms with van der Waals surface area (Å²) in [4.78, 5) is 11.4. The van der Waals surface area contributed by atoms with Crippen molar-refractivity contribution in [2.45, 2.75) is 66.1 Å². The van der Waals surface area contributed by atoms with Crippen molar-refractivity contribution in [1.82, 2.24) is 0 Å². The lowest BCUT2D eigenvalue weighted by Gasteiger charge is -2.31. The number of ether oxygens (including phenoxy) is 1. The number of aliphatic hydroxyl groups is 1. The molecule has 0 unspecified atom stereocenters. The molecular weight excluding hydrogens is 192 g/mol. The average molecular weight is 216 g/mol. The first-order valence-electron chi connectivity index (χ1n) is 5.65. The molecule has 0 aromatic carbocycles. The second-order valence-corrected chi connectivity index (χ2v) is 5.18. The van der Waals surface area contributed by atoms with Crippen molar-refractivity contribution >= 4 is 5.97 Å². The standard InChI is InChI=1S/C12H24O3/c1-6-7-11(14)15-10(8-9(2)13)12(3,4)5/h9-10,13H,6-8H2,1-5H3/t9-,10+/m1/s1. The van der Waals surface area contributed by atoms with Gasteiger partial charge in [-0.1, -0.05) is 27.7 Å². The van der Waals surface area contributed by atoms with Gasteiger partial charge in [0.25, 0.3) is 0 Å². The molecule has 0 aliphatic heterocycles. The van der Waals surface area contributed by atoms with Crippen molar-refractivity contribution in [2.24, 2.45) is 5.41 Å². The molecular formula is C12H24O3. The van der Waals surface area contributed by atoms with Crippen LogP contribution in [0.25, 0.3) is 0 Å². The Labute approximate surface area is 92.8 Å². The topological polar surface area (TPSA) is 46.5 Å². The Bertz CT molecular complexity index is 192. The van der Waals surface area contributed by atoms with E-state index in [1.807, 2.05) is 27.7 Å². The number of esters is 1. The van der Waals surface area contributed by atoms with Gasteiger partial charge in [0.1, 0.15) is 6.10 Å². The summed E-state index contributed by atoms with van der Waals surface area (Å²) in [7, 11) is 0. The molecule has 0 aliphatic rings. The van der Waals surface area contributed by atoms with Crippen molar-refractivity contribution < 1.29 is 14.6 Å². The van der Waals surface area contributed by atoms with Gasteiger partial charge in [0.05, 0.1) is 6.10 Å². The van der Waals surface area contributed by atoms with Crippen LogP contribution < -0.4 is 0 Å². The van der Waals surface area contributed by atoms with Crippen LogP contribution in [0.4, 0.5) is 0 Å². The summed E-state index contributed by atoms with van der Waals surface area (Å²) < 4.78 is 5.37. The van der Waals surface area contributed by atoms with Crippen LogP contribution in [0.3, 0.4) is 0 Å². The highest BCUT2D eigenvalue weighted by molar-refractivity contribution is 5.69. The van der Waals surface area contributed by atoms with Crippen molar-refractivity contribution in [3.05, 3.63) is 0 Å². The first-order chi connectivity index (χ1) is 6.77. The Balaban J connectivity index is 4.32. The van der Waals surface area contributed by atoms with Gasteiger partial charge in [-0.2, -0.15) is 0 Å². The van der Waals surface area contributed by atoms with E-state index in [0.717, 1.165) is 6.42 Å². The van der Waals surface area contributed by atoms with Crippen LogP contribution in [0.1, 0.15) is 53.9 Å². The number of carbonyl (C=O) groups is 1. The molecule has 2 atom stereocenters. The molecule has 0 bridgehead atoms. The normalized spacial score (nSPS) is 15.9. The highest BCUT2D eigenvalue weighted by Gasteiger charge is 2.29. The quantitative estimate of drug-likeness (QED) is 0.718. The summed E-state index contributed by atoms with van der Waals surface area (Å²) in [6.07, 6.45) is 1.09. The van der Waals surface area contributed by atoms with E-state index in [9.17, 15) is 9.90 Å². The number of carbonyl (C=O) groups excluding carboxylic acids is 1. The van der Waals surface area contributed by atoms with Crippen LogP contribution in [-0.2, 0) is 9.53 Å². The molecule has 3 heteroatoms. The molecule has 90 valence electrons. The van der Waals surface area contributed by atoms with Gasteiger partial charge in [0.15, 0.2) is 0 Å². The first kappa shape index (κ1) is 14.4. The number of hydrogen-bond donors (Lipinski definition) is 1. The molecule has 0 saturated heterocycles. The molecule has 0 radical (unpaired) electrons. The smallest absolute Gasteiger partial charge is 0.306 e. The van der Waals surface area contributed by atoms with Crippen molar-refractivity contribution in [1.29, 1.82) is 0 Å². The Morgan fingerprint density at radius 2 is 1.93 bits per heavy atom. The third-order valence-corrected chi connectivity index (χ3v) is 2.25. The predicted octanol–water partition coefficient (Wildman–Crippen LogP) is 2.52. The predicted molar refractivity (Wildman–Crippen MR) is 60.5 cm³/mol. The zero-order valence-electron chi connectivity index (χ0n) is 10.5. The molecule has 3 nitrogen and oxygen atoms in total. The maximum absolute atomic E-state index is 11.4. The zero-order chi connectivity index (χ0) is 12.1. The van der Waals surface area contributed by atoms with Crippen LogP contribution in [-0.4, -0.2) is 23.3 Å². The van der Waals surface area contributed by atoms with Crippen LogP contribution in [0.2, 0.25) is 0 Å². The van der Waals surface area contributed by atoms with Gasteiger partial charge >= 0.3 is 5.97 Å². The second-order valence-electron chi connectivity index (χ2n) is 5.18. The molecule has 0 rings (SSSR count). The fourth-order valence-electron chi connectivity index (χ4n) is 1.31. The SMILES string of the molecule is CCCC(=O)O[C@@H](C[C@@H](C)O)C(C)(C)C. The van der Waals surface area contributed by atoms with Gasteiger partial charge in [-0.05, 0) is 18.8 Å². The largest absolute Gasteiger partial charge is 0.462 e. The minimum Gasteiger partial charge on any atom is -0.462 e. The van der Waals surface area contributed by atoms with Crippen LogP contribution >= 0.6 is 0 Å². The van der Waals surface area contributed by atoms with E-state index in [1.54, 1.807) is 6.92 Å². The summed E-state index contributed by atoms with van der Waals surface area (Å²) in [5, 5.41) is 9.34. The second kappa shape index (κ2) is 6.11. The molecule has 0 aromatic rings. The average Bonchev–Trinajstić information content (AvgIpc) is 2.00. The highest BCUT2D eigenvalue weighted by Crippen LogP contribution is 2.26. The lowest BCUT2D eigenvalue weighted by Crippen LogP contribution is -2.34. The third-order valence-electron chi connectivity index (χ3n) is 2.25. The van der Waals surface area contributed by atoms with Gasteiger partial charge in [-0.15, -0.1) is 0 Å². The number of hydrogen-bond acceptors (Lipinski definition) is 3. The minimum absolute atomic E-state index is 0.125. The molecule has 0 spiro atoms. The minimum atomic E-state index is -0.441. The Kier molecular flexibility index (Phi) is 5.88. The fourth-order valence-corrected chi connectivity index (χ4v) is 1.31. The third kappa shape index (κ3) is 6.50. The molecule has 0 fully saturated rings. The van der Waals surface area contributed by atoms with Crippen molar-refractivity contribution in [2.75, 3.05) is 0 Å². The van der Waals surface area contributed by atoms with E-state index < -0.39 is 6.10 Å². The molecule has 0 amide bonds. The Morgan fingerprint density at radius 1 is 1.40 bits per heavy atom. The Hall–Kier alpha value is -0.570. The van der Waals surface area contributed by atoms with E-state index in [1.165, 1.54) is 0 Å². The van der Waals surface area contributed by atoms with Crippen molar-refractivity contribution in [3.8, 4) is 0 Å². The molecule has 0 aliphatic carbocycles. The van der Waals surface area contributed by atoms with Gasteiger partial charge in [0, 0.05) is 12.8 Å². The summed E-state index contributed by atoms with van der Waals surface area (Å²) in [5.41, 5.74) is -0.125. The molecule has 0 aromatic heterocycles. The molecule has 1 N–H and O–H groups in total. The molecule has 15 heavy (non-hydrogen) atoms. The van der Waals surface area contributed by atoms with Gasteiger partial charge in [-0.25, -0.2) is 0 Å². The van der Waals surface area contributed by atoms with Gasteiger partial charge in [0.2, 0.25) is 0 Å². The van der Waals surface area contributed by atoms with E-state index in [2.05, 4.69) is 0 Å². The summed E-state index contributed by atoms with van der Waals surface area (Å²) in [5.74, 6) is -0.168. The van der Waals surface area contributed by atoms with E-state index in [0.29, 0.717) is 12.8 Å². The molecule has 0 heterocycles. The first-order valence-corrected chi connectivity index (χ1v) is 5.65. The lowest BCUT2D eigenvalue weighted by atomic mass is 9.86. The van der Waals surface area contributed by atoms with Crippen LogP contribution in [0.5, 0.6) is 0 Å². The number of aliphatic hydroxyl groups excluding tert-OH is 1. The highest BCUT2D eigenvalue weighted by atomic mass is 16.5. The van der Waals surface area contributed by atoms with E-state index in [4.69, 9.17) is 4.74 Å². The molecule has 0 saturated carbocycles. The van der Waals surface area contributed by atoms with E-state index >= 15 is 0 Å². The monoisotopic (exact) mass is 216 g/mol. The fraction of sp³-hybridized carbons (Fsp3) is 0.917. The number of rotatable bonds is 5. The van der Waals surface area contributed by atoms with Crippen LogP contribution in [0, 0.1) is 5.41 Å². The van der Waals surface area contributed by atoms with Crippen LogP contribution in [0.15, 0.2) is 0 Å². The maximum atomic E-state index is 11.4. The lowest BCUT2D eigenvalue weighted by molar-refractivity contribution is -0.156. The van der Waals surface area contributed by atoms with E-state index in [-0.39, 0.29) is 17.5 Å². The summed E-state index contributed by atoms with van der Waals surface area (Å²) in [6, 6.07) is 0. The summed E-state index contributed by atoms with van der Waals surface area (Å²) >= 11 is 0. The van der Waals surface area contributed by atoms with Gasteiger partial charge < -0.3 is 9.84 Å². The maximum Gasteiger partial charge on any atom is 0.306 e. The van der Waals surface area contributed by atoms with Gasteiger partial charge in [-0.3, -0.25) is 4.79 Å². The Morgan fingerprint density at radius 3 is 2.27 bits per heavy atom. The summed E-state index contributed by atoms with van der Waals surface area (Å²) in [6.45, 7) is 9.70.